The SMILES string of the molecule is Cc1cc(C(=O)COC(=O)/C=C/c2ccco2)c(C)n1CCc1cccs1. The average molecular weight is 383 g/mol. The number of carbonyl (C=O) groups is 2. The highest BCUT2D eigenvalue weighted by atomic mass is 32.1. The molecule has 3 aromatic heterocycles. The van der Waals surface area contributed by atoms with Gasteiger partial charge in [0.1, 0.15) is 5.76 Å². The van der Waals surface area contributed by atoms with E-state index in [2.05, 4.69) is 16.0 Å². The van der Waals surface area contributed by atoms with Crippen molar-refractivity contribution in [3.8, 4) is 0 Å². The summed E-state index contributed by atoms with van der Waals surface area (Å²) in [5.41, 5.74) is 2.52. The predicted molar refractivity (Wildman–Crippen MR) is 105 cm³/mol. The summed E-state index contributed by atoms with van der Waals surface area (Å²) in [6, 6.07) is 9.46. The molecule has 0 amide bonds. The highest BCUT2D eigenvalue weighted by Crippen LogP contribution is 2.18. The van der Waals surface area contributed by atoms with E-state index in [1.807, 2.05) is 26.0 Å². The number of furan rings is 1. The van der Waals surface area contributed by atoms with Crippen molar-refractivity contribution in [2.45, 2.75) is 26.8 Å². The van der Waals surface area contributed by atoms with Gasteiger partial charge < -0.3 is 13.7 Å². The van der Waals surface area contributed by atoms with Crippen molar-refractivity contribution < 1.29 is 18.7 Å². The van der Waals surface area contributed by atoms with Crippen LogP contribution in [0.2, 0.25) is 0 Å². The lowest BCUT2D eigenvalue weighted by Gasteiger charge is -2.09. The van der Waals surface area contributed by atoms with E-state index < -0.39 is 5.97 Å². The fourth-order valence-corrected chi connectivity index (χ4v) is 3.60. The summed E-state index contributed by atoms with van der Waals surface area (Å²) in [6.45, 7) is 4.44. The van der Waals surface area contributed by atoms with Crippen LogP contribution in [-0.2, 0) is 22.5 Å². The van der Waals surface area contributed by atoms with Gasteiger partial charge in [-0.05, 0) is 56.0 Å². The summed E-state index contributed by atoms with van der Waals surface area (Å²) >= 11 is 1.73. The maximum Gasteiger partial charge on any atom is 0.331 e. The summed E-state index contributed by atoms with van der Waals surface area (Å²) in [7, 11) is 0. The van der Waals surface area contributed by atoms with E-state index in [4.69, 9.17) is 9.15 Å². The third-order valence-electron chi connectivity index (χ3n) is 4.31. The monoisotopic (exact) mass is 383 g/mol. The highest BCUT2D eigenvalue weighted by Gasteiger charge is 2.17. The van der Waals surface area contributed by atoms with Gasteiger partial charge in [0.2, 0.25) is 5.78 Å². The van der Waals surface area contributed by atoms with E-state index in [1.165, 1.54) is 23.3 Å². The molecule has 3 aromatic rings. The molecule has 6 heteroatoms. The Morgan fingerprint density at radius 3 is 2.81 bits per heavy atom. The van der Waals surface area contributed by atoms with Crippen LogP contribution in [0.3, 0.4) is 0 Å². The number of hydrogen-bond acceptors (Lipinski definition) is 5. The molecule has 0 saturated heterocycles. The second-order valence-corrected chi connectivity index (χ2v) is 7.18. The molecule has 140 valence electrons. The van der Waals surface area contributed by atoms with E-state index >= 15 is 0 Å². The van der Waals surface area contributed by atoms with E-state index in [1.54, 1.807) is 23.5 Å². The zero-order chi connectivity index (χ0) is 19.2. The second-order valence-electron chi connectivity index (χ2n) is 6.15. The number of thiophene rings is 1. The van der Waals surface area contributed by atoms with Crippen LogP contribution < -0.4 is 0 Å². The van der Waals surface area contributed by atoms with Crippen LogP contribution in [0, 0.1) is 13.8 Å². The summed E-state index contributed by atoms with van der Waals surface area (Å²) in [4.78, 5) is 25.5. The number of hydrogen-bond donors (Lipinski definition) is 0. The fraction of sp³-hybridized carbons (Fsp3) is 0.238. The first-order valence-electron chi connectivity index (χ1n) is 8.65. The number of esters is 1. The summed E-state index contributed by atoms with van der Waals surface area (Å²) in [5, 5.41) is 2.06. The number of rotatable bonds is 8. The molecule has 0 N–H and O–H groups in total. The van der Waals surface area contributed by atoms with Crippen molar-refractivity contribution in [1.82, 2.24) is 4.57 Å². The Labute approximate surface area is 161 Å². The maximum atomic E-state index is 12.5. The molecular weight excluding hydrogens is 362 g/mol. The molecule has 0 aliphatic carbocycles. The first-order chi connectivity index (χ1) is 13.0. The van der Waals surface area contributed by atoms with Gasteiger partial charge in [0.05, 0.1) is 6.26 Å². The average Bonchev–Trinajstić information content (AvgIpc) is 3.39. The minimum Gasteiger partial charge on any atom is -0.465 e. The zero-order valence-corrected chi connectivity index (χ0v) is 16.1. The molecule has 27 heavy (non-hydrogen) atoms. The Kier molecular flexibility index (Phi) is 6.08. The first kappa shape index (κ1) is 18.9. The molecule has 0 bridgehead atoms. The molecular formula is C21H21NO4S. The van der Waals surface area contributed by atoms with Crippen LogP contribution >= 0.6 is 11.3 Å². The van der Waals surface area contributed by atoms with Gasteiger partial charge in [-0.15, -0.1) is 11.3 Å². The lowest BCUT2D eigenvalue weighted by molar-refractivity contribution is -0.136. The van der Waals surface area contributed by atoms with E-state index in [9.17, 15) is 9.59 Å². The Bertz CT molecular complexity index is 933. The molecule has 5 nitrogen and oxygen atoms in total. The molecule has 0 aliphatic rings. The summed E-state index contributed by atoms with van der Waals surface area (Å²) < 4.78 is 12.3. The minimum absolute atomic E-state index is 0.203. The number of ether oxygens (including phenoxy) is 1. The van der Waals surface area contributed by atoms with Crippen LogP contribution in [0.5, 0.6) is 0 Å². The highest BCUT2D eigenvalue weighted by molar-refractivity contribution is 7.09. The number of aromatic nitrogens is 1. The van der Waals surface area contributed by atoms with Crippen molar-refractivity contribution in [3.05, 3.63) is 75.6 Å². The van der Waals surface area contributed by atoms with Gasteiger partial charge in [-0.25, -0.2) is 4.79 Å². The molecule has 0 aliphatic heterocycles. The Morgan fingerprint density at radius 2 is 2.11 bits per heavy atom. The molecule has 3 heterocycles. The van der Waals surface area contributed by atoms with E-state index in [0.717, 1.165) is 24.4 Å². The standard InChI is InChI=1S/C21H21NO4S/c1-15-13-19(16(2)22(15)10-9-18-6-4-12-27-18)20(23)14-26-21(24)8-7-17-5-3-11-25-17/h3-8,11-13H,9-10,14H2,1-2H3/b8-7+. The third kappa shape index (κ3) is 4.86. The normalized spacial score (nSPS) is 11.2. The first-order valence-corrected chi connectivity index (χ1v) is 9.53. The minimum atomic E-state index is -0.578. The van der Waals surface area contributed by atoms with Crippen molar-refractivity contribution in [1.29, 1.82) is 0 Å². The molecule has 0 saturated carbocycles. The molecule has 0 spiro atoms. The topological polar surface area (TPSA) is 61.4 Å². The Balaban J connectivity index is 1.58. The molecule has 0 unspecified atom stereocenters. The number of Topliss-reactive ketones (excluding diaryl/α,β-unsaturated/α-hetero) is 1. The summed E-state index contributed by atoms with van der Waals surface area (Å²) in [5.74, 6) is -0.232. The van der Waals surface area contributed by atoms with Crippen LogP contribution in [0.4, 0.5) is 0 Å². The van der Waals surface area contributed by atoms with Gasteiger partial charge in [-0.1, -0.05) is 6.07 Å². The zero-order valence-electron chi connectivity index (χ0n) is 15.3. The second kappa shape index (κ2) is 8.68. The quantitative estimate of drug-likeness (QED) is 0.328. The van der Waals surface area contributed by atoms with E-state index in [0.29, 0.717) is 11.3 Å². The molecule has 0 atom stereocenters. The van der Waals surface area contributed by atoms with Crippen LogP contribution in [0.25, 0.3) is 6.08 Å². The van der Waals surface area contributed by atoms with Crippen molar-refractivity contribution >= 4 is 29.2 Å². The Hall–Kier alpha value is -2.86. The van der Waals surface area contributed by atoms with Crippen LogP contribution in [0.15, 0.2) is 52.5 Å². The van der Waals surface area contributed by atoms with Gasteiger partial charge in [-0.2, -0.15) is 0 Å². The fourth-order valence-electron chi connectivity index (χ4n) is 2.90. The van der Waals surface area contributed by atoms with Crippen LogP contribution in [0.1, 0.15) is 32.4 Å². The van der Waals surface area contributed by atoms with Gasteiger partial charge in [0.25, 0.3) is 0 Å². The Morgan fingerprint density at radius 1 is 1.26 bits per heavy atom. The smallest absolute Gasteiger partial charge is 0.331 e. The molecule has 0 fully saturated rings. The van der Waals surface area contributed by atoms with Gasteiger partial charge >= 0.3 is 5.97 Å². The predicted octanol–water partition coefficient (Wildman–Crippen LogP) is 4.44. The molecule has 3 rings (SSSR count). The number of ketones is 1. The largest absolute Gasteiger partial charge is 0.465 e. The van der Waals surface area contributed by atoms with Crippen molar-refractivity contribution in [2.75, 3.05) is 6.61 Å². The van der Waals surface area contributed by atoms with E-state index in [-0.39, 0.29) is 12.4 Å². The van der Waals surface area contributed by atoms with Crippen molar-refractivity contribution in [3.63, 3.8) is 0 Å². The molecule has 0 radical (unpaired) electrons. The van der Waals surface area contributed by atoms with Crippen molar-refractivity contribution in [2.24, 2.45) is 0 Å². The number of carbonyl (C=O) groups excluding carboxylic acids is 2. The third-order valence-corrected chi connectivity index (χ3v) is 5.24. The van der Waals surface area contributed by atoms with Crippen LogP contribution in [-0.4, -0.2) is 22.9 Å². The maximum absolute atomic E-state index is 12.5. The molecule has 0 aromatic carbocycles. The van der Waals surface area contributed by atoms with Gasteiger partial charge in [0.15, 0.2) is 6.61 Å². The number of nitrogens with zero attached hydrogens (tertiary/aromatic N) is 1. The lowest BCUT2D eigenvalue weighted by Crippen LogP contribution is -2.14. The van der Waals surface area contributed by atoms with Gasteiger partial charge in [-0.3, -0.25) is 4.79 Å². The number of aryl methyl sites for hydroxylation is 2. The van der Waals surface area contributed by atoms with Gasteiger partial charge in [0, 0.05) is 34.4 Å². The lowest BCUT2D eigenvalue weighted by atomic mass is 10.1. The summed E-state index contributed by atoms with van der Waals surface area (Å²) in [6.07, 6.45) is 5.19.